The molecule has 0 fully saturated rings. The van der Waals surface area contributed by atoms with E-state index in [-0.39, 0.29) is 10.8 Å². The van der Waals surface area contributed by atoms with E-state index in [0.717, 1.165) is 10.4 Å². The number of sulfonamides is 1. The maximum absolute atomic E-state index is 12.1. The van der Waals surface area contributed by atoms with E-state index in [0.29, 0.717) is 12.3 Å². The molecule has 7 heteroatoms. The van der Waals surface area contributed by atoms with Crippen molar-refractivity contribution >= 4 is 21.4 Å². The molecule has 0 atom stereocenters. The van der Waals surface area contributed by atoms with Gasteiger partial charge in [0, 0.05) is 18.0 Å². The average Bonchev–Trinajstić information content (AvgIpc) is 2.95. The Morgan fingerprint density at radius 3 is 2.75 bits per heavy atom. The van der Waals surface area contributed by atoms with Crippen molar-refractivity contribution in [3.63, 3.8) is 0 Å². The van der Waals surface area contributed by atoms with Crippen molar-refractivity contribution in [2.45, 2.75) is 17.3 Å². The summed E-state index contributed by atoms with van der Waals surface area (Å²) < 4.78 is 32.2. The van der Waals surface area contributed by atoms with Gasteiger partial charge in [-0.3, -0.25) is 0 Å². The van der Waals surface area contributed by atoms with Gasteiger partial charge in [0.15, 0.2) is 0 Å². The van der Waals surface area contributed by atoms with Gasteiger partial charge in [0.1, 0.15) is 9.96 Å². The predicted octanol–water partition coefficient (Wildman–Crippen LogP) is 1.69. The van der Waals surface area contributed by atoms with E-state index < -0.39 is 10.0 Å². The fraction of sp³-hybridized carbons (Fsp3) is 0.231. The summed E-state index contributed by atoms with van der Waals surface area (Å²) in [5.74, 6) is 0.697. The van der Waals surface area contributed by atoms with Gasteiger partial charge in [-0.15, -0.1) is 11.3 Å². The molecule has 0 amide bonds. The molecule has 1 aromatic heterocycles. The second kappa shape index (κ2) is 6.36. The first kappa shape index (κ1) is 15.0. The molecule has 1 heterocycles. The van der Waals surface area contributed by atoms with Crippen molar-refractivity contribution in [2.24, 2.45) is 5.73 Å². The van der Waals surface area contributed by atoms with Gasteiger partial charge in [0.05, 0.1) is 7.11 Å². The standard InChI is InChI=1S/C13H16N2O3S2/c1-18-11-4-2-3-10(7-11)9-15-20(16,17)13-6-5-12(8-14)19-13/h2-7,15H,8-9,14H2,1H3. The lowest BCUT2D eigenvalue weighted by molar-refractivity contribution is 0.414. The lowest BCUT2D eigenvalue weighted by Gasteiger charge is -2.06. The van der Waals surface area contributed by atoms with Gasteiger partial charge in [-0.1, -0.05) is 12.1 Å². The molecule has 0 spiro atoms. The van der Waals surface area contributed by atoms with Crippen LogP contribution in [0.2, 0.25) is 0 Å². The summed E-state index contributed by atoms with van der Waals surface area (Å²) in [6.45, 7) is 0.561. The average molecular weight is 312 g/mol. The first-order valence-electron chi connectivity index (χ1n) is 5.96. The molecule has 0 saturated carbocycles. The van der Waals surface area contributed by atoms with Gasteiger partial charge in [-0.05, 0) is 29.8 Å². The maximum atomic E-state index is 12.1. The molecule has 0 bridgehead atoms. The Bertz CT molecular complexity index is 680. The van der Waals surface area contributed by atoms with Crippen molar-refractivity contribution in [3.05, 3.63) is 46.8 Å². The molecule has 108 valence electrons. The normalized spacial score (nSPS) is 11.5. The van der Waals surface area contributed by atoms with Crippen LogP contribution >= 0.6 is 11.3 Å². The maximum Gasteiger partial charge on any atom is 0.250 e. The topological polar surface area (TPSA) is 81.4 Å². The quantitative estimate of drug-likeness (QED) is 0.850. The predicted molar refractivity (Wildman–Crippen MR) is 79.2 cm³/mol. The van der Waals surface area contributed by atoms with Crippen LogP contribution in [-0.4, -0.2) is 15.5 Å². The highest BCUT2D eigenvalue weighted by Crippen LogP contribution is 2.21. The van der Waals surface area contributed by atoms with E-state index in [9.17, 15) is 8.42 Å². The number of nitrogens with two attached hydrogens (primary N) is 1. The summed E-state index contributed by atoms with van der Waals surface area (Å²) >= 11 is 1.18. The Hall–Kier alpha value is -1.41. The molecule has 0 aliphatic heterocycles. The van der Waals surface area contributed by atoms with E-state index in [1.54, 1.807) is 25.3 Å². The van der Waals surface area contributed by atoms with Crippen molar-refractivity contribution in [3.8, 4) is 5.75 Å². The van der Waals surface area contributed by atoms with Crippen LogP contribution in [-0.2, 0) is 23.1 Å². The first-order valence-corrected chi connectivity index (χ1v) is 8.26. The molecule has 0 unspecified atom stereocenters. The minimum absolute atomic E-state index is 0.218. The Morgan fingerprint density at radius 1 is 1.30 bits per heavy atom. The number of hydrogen-bond donors (Lipinski definition) is 2. The number of ether oxygens (including phenoxy) is 1. The number of methoxy groups -OCH3 is 1. The highest BCUT2D eigenvalue weighted by atomic mass is 32.2. The highest BCUT2D eigenvalue weighted by molar-refractivity contribution is 7.91. The molecule has 1 aromatic carbocycles. The van der Waals surface area contributed by atoms with Gasteiger partial charge in [-0.2, -0.15) is 0 Å². The number of hydrogen-bond acceptors (Lipinski definition) is 5. The molecule has 0 saturated heterocycles. The summed E-state index contributed by atoms with van der Waals surface area (Å²) in [4.78, 5) is 0.840. The second-order valence-electron chi connectivity index (χ2n) is 4.10. The van der Waals surface area contributed by atoms with Crippen LogP contribution in [0.1, 0.15) is 10.4 Å². The molecule has 3 N–H and O–H groups in total. The summed E-state index contributed by atoms with van der Waals surface area (Å²) in [6, 6.07) is 10.6. The van der Waals surface area contributed by atoms with E-state index in [2.05, 4.69) is 4.72 Å². The SMILES string of the molecule is COc1cccc(CNS(=O)(=O)c2ccc(CN)s2)c1. The summed E-state index contributed by atoms with van der Waals surface area (Å²) in [6.07, 6.45) is 0. The van der Waals surface area contributed by atoms with Gasteiger partial charge >= 0.3 is 0 Å². The molecule has 20 heavy (non-hydrogen) atoms. The largest absolute Gasteiger partial charge is 0.497 e. The Labute approximate surface area is 122 Å². The number of rotatable bonds is 6. The van der Waals surface area contributed by atoms with Crippen molar-refractivity contribution < 1.29 is 13.2 Å². The molecule has 0 aliphatic rings. The zero-order valence-electron chi connectivity index (χ0n) is 11.0. The van der Waals surface area contributed by atoms with Gasteiger partial charge < -0.3 is 10.5 Å². The molecule has 5 nitrogen and oxygen atoms in total. The molecular formula is C13H16N2O3S2. The number of nitrogens with one attached hydrogen (secondary N) is 1. The first-order chi connectivity index (χ1) is 9.55. The molecule has 0 radical (unpaired) electrons. The van der Waals surface area contributed by atoms with Crippen molar-refractivity contribution in [2.75, 3.05) is 7.11 Å². The van der Waals surface area contributed by atoms with Gasteiger partial charge in [0.2, 0.25) is 10.0 Å². The van der Waals surface area contributed by atoms with Crippen LogP contribution in [0.3, 0.4) is 0 Å². The van der Waals surface area contributed by atoms with Crippen molar-refractivity contribution in [1.82, 2.24) is 4.72 Å². The fourth-order valence-electron chi connectivity index (χ4n) is 1.64. The Balaban J connectivity index is 2.08. The van der Waals surface area contributed by atoms with Crippen molar-refractivity contribution in [1.29, 1.82) is 0 Å². The number of benzene rings is 1. The molecule has 0 aliphatic carbocycles. The minimum atomic E-state index is -3.50. The lowest BCUT2D eigenvalue weighted by atomic mass is 10.2. The lowest BCUT2D eigenvalue weighted by Crippen LogP contribution is -2.22. The molecule has 2 aromatic rings. The Morgan fingerprint density at radius 2 is 2.10 bits per heavy atom. The van der Waals surface area contributed by atoms with Crippen LogP contribution in [0.5, 0.6) is 5.75 Å². The summed E-state index contributed by atoms with van der Waals surface area (Å²) in [7, 11) is -1.92. The van der Waals surface area contributed by atoms with Crippen LogP contribution in [0.4, 0.5) is 0 Å². The van der Waals surface area contributed by atoms with Crippen LogP contribution < -0.4 is 15.2 Å². The molecular weight excluding hydrogens is 296 g/mol. The van der Waals surface area contributed by atoms with Crippen LogP contribution in [0.25, 0.3) is 0 Å². The third-order valence-electron chi connectivity index (χ3n) is 2.70. The van der Waals surface area contributed by atoms with E-state index in [1.165, 1.54) is 11.3 Å². The third-order valence-corrected chi connectivity index (χ3v) is 5.70. The third kappa shape index (κ3) is 3.57. The minimum Gasteiger partial charge on any atom is -0.497 e. The smallest absolute Gasteiger partial charge is 0.250 e. The fourth-order valence-corrected chi connectivity index (χ4v) is 3.94. The molecule has 2 rings (SSSR count). The van der Waals surface area contributed by atoms with E-state index >= 15 is 0 Å². The number of thiophene rings is 1. The van der Waals surface area contributed by atoms with Gasteiger partial charge in [-0.25, -0.2) is 13.1 Å². The summed E-state index contributed by atoms with van der Waals surface area (Å²) in [5, 5.41) is 0. The van der Waals surface area contributed by atoms with E-state index in [1.807, 2.05) is 18.2 Å². The van der Waals surface area contributed by atoms with Crippen LogP contribution in [0, 0.1) is 0 Å². The highest BCUT2D eigenvalue weighted by Gasteiger charge is 2.16. The van der Waals surface area contributed by atoms with Gasteiger partial charge in [0.25, 0.3) is 0 Å². The monoisotopic (exact) mass is 312 g/mol. The Kier molecular flexibility index (Phi) is 4.77. The van der Waals surface area contributed by atoms with Crippen LogP contribution in [0.15, 0.2) is 40.6 Å². The van der Waals surface area contributed by atoms with E-state index in [4.69, 9.17) is 10.5 Å². The zero-order valence-corrected chi connectivity index (χ0v) is 12.6. The zero-order chi connectivity index (χ0) is 14.6. The second-order valence-corrected chi connectivity index (χ2v) is 7.26. The summed E-state index contributed by atoms with van der Waals surface area (Å²) in [5.41, 5.74) is 6.32.